The average molecular weight is 386 g/mol. The summed E-state index contributed by atoms with van der Waals surface area (Å²) in [5, 5.41) is 10.7. The number of methoxy groups -OCH3 is 1. The van der Waals surface area contributed by atoms with Crippen LogP contribution in [0, 0.1) is 12.3 Å². The normalized spacial score (nSPS) is 23.1. The predicted octanol–water partition coefficient (Wildman–Crippen LogP) is 2.45. The fourth-order valence-corrected chi connectivity index (χ4v) is 4.11. The number of hydrogen-bond donors (Lipinski definition) is 1. The number of phenolic OH excluding ortho intramolecular Hbond substituents is 1. The fourth-order valence-electron chi connectivity index (χ4n) is 4.11. The van der Waals surface area contributed by atoms with Gasteiger partial charge in [0.25, 0.3) is 5.60 Å². The Morgan fingerprint density at radius 3 is 2.32 bits per heavy atom. The second kappa shape index (κ2) is 6.02. The van der Waals surface area contributed by atoms with E-state index in [2.05, 4.69) is 0 Å². The zero-order valence-corrected chi connectivity index (χ0v) is 16.7. The van der Waals surface area contributed by atoms with Crippen molar-refractivity contribution in [3.05, 3.63) is 39.7 Å². The first-order valence-electron chi connectivity index (χ1n) is 8.95. The van der Waals surface area contributed by atoms with E-state index in [0.717, 1.165) is 7.11 Å². The second-order valence-corrected chi connectivity index (χ2v) is 7.74. The van der Waals surface area contributed by atoms with Crippen LogP contribution >= 0.6 is 0 Å². The molecule has 1 atom stereocenters. The number of allylic oxidation sites excluding steroid dienone is 2. The number of aryl methyl sites for hydroxylation is 1. The van der Waals surface area contributed by atoms with E-state index in [0.29, 0.717) is 17.5 Å². The number of phenols is 1. The number of esters is 1. The number of fused-ring (bicyclic) bond motifs is 1. The maximum absolute atomic E-state index is 13.3. The van der Waals surface area contributed by atoms with E-state index in [9.17, 15) is 24.3 Å². The van der Waals surface area contributed by atoms with Crippen LogP contribution in [0.3, 0.4) is 0 Å². The van der Waals surface area contributed by atoms with E-state index in [4.69, 9.17) is 9.47 Å². The van der Waals surface area contributed by atoms with Gasteiger partial charge in [-0.05, 0) is 51.3 Å². The molecule has 2 aliphatic rings. The largest absolute Gasteiger partial charge is 0.507 e. The molecular formula is C21H22O7. The Kier molecular flexibility index (Phi) is 4.26. The van der Waals surface area contributed by atoms with Gasteiger partial charge in [0, 0.05) is 5.56 Å². The molecule has 0 spiro atoms. The van der Waals surface area contributed by atoms with Crippen molar-refractivity contribution < 1.29 is 33.8 Å². The monoisotopic (exact) mass is 386 g/mol. The average Bonchev–Trinajstić information content (AvgIpc) is 2.63. The Morgan fingerprint density at radius 2 is 1.79 bits per heavy atom. The number of rotatable bonds is 2. The summed E-state index contributed by atoms with van der Waals surface area (Å²) in [5.74, 6) is -3.56. The summed E-state index contributed by atoms with van der Waals surface area (Å²) in [6.45, 7) is 7.69. The smallest absolute Gasteiger partial charge is 0.357 e. The van der Waals surface area contributed by atoms with Crippen LogP contribution in [-0.2, 0) is 25.5 Å². The van der Waals surface area contributed by atoms with Gasteiger partial charge in [-0.2, -0.15) is 0 Å². The highest BCUT2D eigenvalue weighted by molar-refractivity contribution is 6.31. The second-order valence-electron chi connectivity index (χ2n) is 7.74. The minimum absolute atomic E-state index is 0.00619. The number of carbonyl (C=O) groups excluding carboxylic acids is 4. The molecule has 28 heavy (non-hydrogen) atoms. The van der Waals surface area contributed by atoms with E-state index in [1.165, 1.54) is 26.8 Å². The van der Waals surface area contributed by atoms with Crippen molar-refractivity contribution in [1.29, 1.82) is 0 Å². The van der Waals surface area contributed by atoms with Gasteiger partial charge in [-0.25, -0.2) is 4.79 Å². The Balaban J connectivity index is 2.33. The number of aromatic hydroxyl groups is 1. The number of ketones is 3. The van der Waals surface area contributed by atoms with E-state index in [-0.39, 0.29) is 28.2 Å². The van der Waals surface area contributed by atoms with Crippen LogP contribution in [0.1, 0.15) is 59.5 Å². The molecule has 1 N–H and O–H groups in total. The predicted molar refractivity (Wildman–Crippen MR) is 98.2 cm³/mol. The highest BCUT2D eigenvalue weighted by Gasteiger charge is 2.60. The molecule has 0 saturated heterocycles. The molecule has 3 rings (SSSR count). The quantitative estimate of drug-likeness (QED) is 0.614. The lowest BCUT2D eigenvalue weighted by molar-refractivity contribution is -0.173. The molecule has 148 valence electrons. The van der Waals surface area contributed by atoms with Crippen LogP contribution in [0.15, 0.2) is 17.4 Å². The summed E-state index contributed by atoms with van der Waals surface area (Å²) in [6.07, 6.45) is 0.470. The van der Waals surface area contributed by atoms with Crippen molar-refractivity contribution in [3.63, 3.8) is 0 Å². The van der Waals surface area contributed by atoms with Crippen molar-refractivity contribution in [2.45, 2.75) is 46.6 Å². The minimum Gasteiger partial charge on any atom is -0.507 e. The standard InChI is InChI=1S/C21H22O7/c1-7-10-9(2)8-11-12(14(10)22)16(24)13-17(15(11)23)28-21(5,19(26)27-6)18(25)20(13,3)4/h8,22H,7H2,1-6H3. The molecule has 1 unspecified atom stereocenters. The van der Waals surface area contributed by atoms with E-state index < -0.39 is 34.3 Å². The van der Waals surface area contributed by atoms with Crippen molar-refractivity contribution in [1.82, 2.24) is 0 Å². The van der Waals surface area contributed by atoms with Crippen molar-refractivity contribution >= 4 is 23.3 Å². The SMILES string of the molecule is CCc1c(C)cc2c(c1O)C(=O)C1=C(OC(C)(C(=O)OC)C(=O)C1(C)C)C2=O. The molecule has 7 nitrogen and oxygen atoms in total. The van der Waals surface area contributed by atoms with Gasteiger partial charge in [0.15, 0.2) is 17.3 Å². The van der Waals surface area contributed by atoms with Crippen LogP contribution in [0.2, 0.25) is 0 Å². The van der Waals surface area contributed by atoms with Crippen LogP contribution < -0.4 is 0 Å². The molecule has 1 aromatic carbocycles. The lowest BCUT2D eigenvalue weighted by Gasteiger charge is -2.42. The van der Waals surface area contributed by atoms with Gasteiger partial charge in [0.1, 0.15) is 5.75 Å². The van der Waals surface area contributed by atoms with Gasteiger partial charge in [0.05, 0.1) is 23.7 Å². The number of ether oxygens (including phenoxy) is 2. The molecule has 0 fully saturated rings. The van der Waals surface area contributed by atoms with E-state index >= 15 is 0 Å². The molecule has 7 heteroatoms. The summed E-state index contributed by atoms with van der Waals surface area (Å²) in [6, 6.07) is 1.53. The van der Waals surface area contributed by atoms with Crippen LogP contribution in [0.4, 0.5) is 0 Å². The molecule has 1 aromatic rings. The Morgan fingerprint density at radius 1 is 1.18 bits per heavy atom. The first-order valence-corrected chi connectivity index (χ1v) is 8.95. The molecule has 1 heterocycles. The lowest BCUT2D eigenvalue weighted by Crippen LogP contribution is -2.58. The van der Waals surface area contributed by atoms with Gasteiger partial charge >= 0.3 is 5.97 Å². The Hall–Kier alpha value is -2.96. The van der Waals surface area contributed by atoms with Gasteiger partial charge in [-0.15, -0.1) is 0 Å². The molecule has 0 saturated carbocycles. The van der Waals surface area contributed by atoms with Gasteiger partial charge in [-0.1, -0.05) is 6.92 Å². The number of carbonyl (C=O) groups is 4. The molecule has 0 bridgehead atoms. The van der Waals surface area contributed by atoms with E-state index in [1.54, 1.807) is 6.92 Å². The molecule has 0 aromatic heterocycles. The lowest BCUT2D eigenvalue weighted by atomic mass is 9.66. The Bertz CT molecular complexity index is 996. The third-order valence-electron chi connectivity index (χ3n) is 5.62. The van der Waals surface area contributed by atoms with Crippen LogP contribution in [0.5, 0.6) is 5.75 Å². The summed E-state index contributed by atoms with van der Waals surface area (Å²) in [5.41, 5.74) is -2.62. The molecule has 0 amide bonds. The van der Waals surface area contributed by atoms with Crippen LogP contribution in [-0.4, -0.2) is 41.1 Å². The van der Waals surface area contributed by atoms with Gasteiger partial charge in [0.2, 0.25) is 5.78 Å². The number of Topliss-reactive ketones (excluding diaryl/α,β-unsaturated/α-hetero) is 3. The van der Waals surface area contributed by atoms with E-state index in [1.807, 2.05) is 6.92 Å². The molecular weight excluding hydrogens is 364 g/mol. The minimum atomic E-state index is -2.05. The summed E-state index contributed by atoms with van der Waals surface area (Å²) in [4.78, 5) is 51.8. The maximum atomic E-state index is 13.3. The highest BCUT2D eigenvalue weighted by Crippen LogP contribution is 2.48. The maximum Gasteiger partial charge on any atom is 0.357 e. The zero-order chi connectivity index (χ0) is 21.2. The van der Waals surface area contributed by atoms with Crippen molar-refractivity contribution in [2.75, 3.05) is 7.11 Å². The first kappa shape index (κ1) is 19.8. The van der Waals surface area contributed by atoms with Crippen molar-refractivity contribution in [2.24, 2.45) is 5.41 Å². The summed E-state index contributed by atoms with van der Waals surface area (Å²) >= 11 is 0. The third kappa shape index (κ3) is 2.28. The molecule has 1 aliphatic carbocycles. The first-order chi connectivity index (χ1) is 12.9. The topological polar surface area (TPSA) is 107 Å². The highest BCUT2D eigenvalue weighted by atomic mass is 16.6. The summed E-state index contributed by atoms with van der Waals surface area (Å²) < 4.78 is 10.3. The van der Waals surface area contributed by atoms with Crippen LogP contribution in [0.25, 0.3) is 0 Å². The third-order valence-corrected chi connectivity index (χ3v) is 5.62. The van der Waals surface area contributed by atoms with Crippen molar-refractivity contribution in [3.8, 4) is 5.75 Å². The zero-order valence-electron chi connectivity index (χ0n) is 16.7. The molecule has 0 radical (unpaired) electrons. The fraction of sp³-hybridized carbons (Fsp3) is 0.429. The summed E-state index contributed by atoms with van der Waals surface area (Å²) in [7, 11) is 1.11. The number of benzene rings is 1. The van der Waals surface area contributed by atoms with Gasteiger partial charge in [-0.3, -0.25) is 14.4 Å². The molecule has 1 aliphatic heterocycles. The number of hydrogen-bond acceptors (Lipinski definition) is 7. The Labute approximate surface area is 162 Å². The van der Waals surface area contributed by atoms with Gasteiger partial charge < -0.3 is 14.6 Å².